The smallest absolute Gasteiger partial charge is 0.203 e. The summed E-state index contributed by atoms with van der Waals surface area (Å²) < 4.78 is 22.8. The molecule has 1 unspecified atom stereocenters. The predicted molar refractivity (Wildman–Crippen MR) is 62.8 cm³/mol. The van der Waals surface area contributed by atoms with Gasteiger partial charge in [0, 0.05) is 12.6 Å². The van der Waals surface area contributed by atoms with Gasteiger partial charge >= 0.3 is 0 Å². The van der Waals surface area contributed by atoms with Crippen LogP contribution in [-0.2, 0) is 16.4 Å². The summed E-state index contributed by atoms with van der Waals surface area (Å²) in [5.41, 5.74) is 5.49. The van der Waals surface area contributed by atoms with Crippen LogP contribution >= 0.6 is 11.3 Å². The quantitative estimate of drug-likeness (QED) is 0.790. The van der Waals surface area contributed by atoms with Crippen LogP contribution in [0.25, 0.3) is 0 Å². The Morgan fingerprint density at radius 1 is 1.56 bits per heavy atom. The van der Waals surface area contributed by atoms with Crippen LogP contribution in [-0.4, -0.2) is 47.6 Å². The predicted octanol–water partition coefficient (Wildman–Crippen LogP) is -0.261. The van der Waals surface area contributed by atoms with E-state index in [0.29, 0.717) is 18.2 Å². The monoisotopic (exact) mass is 262 g/mol. The minimum Gasteiger partial charge on any atom is -0.374 e. The van der Waals surface area contributed by atoms with Crippen molar-refractivity contribution in [2.24, 2.45) is 0 Å². The Balaban J connectivity index is 2.02. The van der Waals surface area contributed by atoms with Gasteiger partial charge < -0.3 is 5.73 Å². The summed E-state index contributed by atoms with van der Waals surface area (Å²) in [6, 6.07) is 0.0314. The molecule has 6 nitrogen and oxygen atoms in total. The van der Waals surface area contributed by atoms with Crippen LogP contribution in [0.1, 0.15) is 11.9 Å². The fraction of sp³-hybridized carbons (Fsp3) is 0.750. The molecule has 1 aromatic heterocycles. The van der Waals surface area contributed by atoms with Crippen molar-refractivity contribution in [3.63, 3.8) is 0 Å². The van der Waals surface area contributed by atoms with Gasteiger partial charge in [0.2, 0.25) is 5.13 Å². The molecule has 2 heterocycles. The third-order valence-electron chi connectivity index (χ3n) is 2.63. The second-order valence-electron chi connectivity index (χ2n) is 3.97. The summed E-state index contributed by atoms with van der Waals surface area (Å²) in [6.45, 7) is 3.11. The van der Waals surface area contributed by atoms with Crippen molar-refractivity contribution >= 4 is 26.3 Å². The van der Waals surface area contributed by atoms with Crippen molar-refractivity contribution in [2.45, 2.75) is 19.5 Å². The van der Waals surface area contributed by atoms with E-state index in [1.807, 2.05) is 6.92 Å². The van der Waals surface area contributed by atoms with E-state index >= 15 is 0 Å². The maximum Gasteiger partial charge on any atom is 0.203 e. The number of hydrogen-bond donors (Lipinski definition) is 1. The number of anilines is 1. The molecule has 16 heavy (non-hydrogen) atoms. The summed E-state index contributed by atoms with van der Waals surface area (Å²) >= 11 is 1.35. The molecule has 0 amide bonds. The molecule has 0 aliphatic carbocycles. The molecule has 1 saturated heterocycles. The van der Waals surface area contributed by atoms with Gasteiger partial charge in [-0.2, -0.15) is 0 Å². The molecule has 1 aliphatic rings. The molecule has 2 rings (SSSR count). The van der Waals surface area contributed by atoms with Crippen LogP contribution in [0.2, 0.25) is 0 Å². The molecule has 0 radical (unpaired) electrons. The van der Waals surface area contributed by atoms with Crippen molar-refractivity contribution in [1.29, 1.82) is 0 Å². The van der Waals surface area contributed by atoms with E-state index in [1.54, 1.807) is 0 Å². The Morgan fingerprint density at radius 2 is 2.31 bits per heavy atom. The van der Waals surface area contributed by atoms with Gasteiger partial charge in [0.25, 0.3) is 0 Å². The topological polar surface area (TPSA) is 89.2 Å². The van der Waals surface area contributed by atoms with Gasteiger partial charge in [-0.05, 0) is 6.92 Å². The van der Waals surface area contributed by atoms with Crippen LogP contribution in [0.3, 0.4) is 0 Å². The second kappa shape index (κ2) is 4.27. The third kappa shape index (κ3) is 2.69. The first-order valence-electron chi connectivity index (χ1n) is 4.98. The Bertz CT molecular complexity index is 470. The van der Waals surface area contributed by atoms with Gasteiger partial charge in [-0.25, -0.2) is 8.42 Å². The van der Waals surface area contributed by atoms with Gasteiger partial charge in [-0.1, -0.05) is 11.3 Å². The number of nitrogens with two attached hydrogens (primary N) is 1. The lowest BCUT2D eigenvalue weighted by Crippen LogP contribution is -2.46. The van der Waals surface area contributed by atoms with Crippen molar-refractivity contribution in [1.82, 2.24) is 15.1 Å². The molecule has 1 fully saturated rings. The van der Waals surface area contributed by atoms with Gasteiger partial charge in [-0.15, -0.1) is 10.2 Å². The highest BCUT2D eigenvalue weighted by Gasteiger charge is 2.28. The number of sulfone groups is 1. The molecule has 1 aliphatic heterocycles. The van der Waals surface area contributed by atoms with E-state index in [0.717, 1.165) is 5.01 Å². The van der Waals surface area contributed by atoms with E-state index in [2.05, 4.69) is 15.1 Å². The largest absolute Gasteiger partial charge is 0.374 e. The maximum atomic E-state index is 11.4. The molecule has 1 atom stereocenters. The molecule has 0 saturated carbocycles. The SMILES string of the molecule is CC1CS(=O)(=O)CCN1Cc1nnc(N)s1. The molecular weight excluding hydrogens is 248 g/mol. The molecule has 0 bridgehead atoms. The normalized spacial score (nSPS) is 25.7. The Morgan fingerprint density at radius 3 is 2.88 bits per heavy atom. The minimum absolute atomic E-state index is 0.0314. The van der Waals surface area contributed by atoms with E-state index < -0.39 is 9.84 Å². The Labute approximate surface area is 98.4 Å². The van der Waals surface area contributed by atoms with E-state index in [9.17, 15) is 8.42 Å². The number of aromatic nitrogens is 2. The van der Waals surface area contributed by atoms with Crippen LogP contribution in [0.5, 0.6) is 0 Å². The van der Waals surface area contributed by atoms with E-state index in [4.69, 9.17) is 5.73 Å². The van der Waals surface area contributed by atoms with Crippen molar-refractivity contribution < 1.29 is 8.42 Å². The molecular formula is C8H14N4O2S2. The number of nitrogen functional groups attached to an aromatic ring is 1. The summed E-state index contributed by atoms with van der Waals surface area (Å²) in [4.78, 5) is 2.10. The summed E-state index contributed by atoms with van der Waals surface area (Å²) in [5.74, 6) is 0.451. The first-order chi connectivity index (χ1) is 7.46. The first kappa shape index (κ1) is 11.7. The fourth-order valence-corrected chi connectivity index (χ4v) is 4.03. The Kier molecular flexibility index (Phi) is 3.13. The molecule has 0 aromatic carbocycles. The van der Waals surface area contributed by atoms with Gasteiger partial charge in [-0.3, -0.25) is 4.90 Å². The maximum absolute atomic E-state index is 11.4. The van der Waals surface area contributed by atoms with Crippen LogP contribution < -0.4 is 5.73 Å². The molecule has 2 N–H and O–H groups in total. The van der Waals surface area contributed by atoms with Crippen molar-refractivity contribution in [2.75, 3.05) is 23.8 Å². The lowest BCUT2D eigenvalue weighted by atomic mass is 10.3. The first-order valence-corrected chi connectivity index (χ1v) is 7.62. The summed E-state index contributed by atoms with van der Waals surface area (Å²) in [6.07, 6.45) is 0. The minimum atomic E-state index is -2.85. The molecule has 90 valence electrons. The van der Waals surface area contributed by atoms with Gasteiger partial charge in [0.15, 0.2) is 9.84 Å². The highest BCUT2D eigenvalue weighted by Crippen LogP contribution is 2.18. The van der Waals surface area contributed by atoms with E-state index in [1.165, 1.54) is 11.3 Å². The van der Waals surface area contributed by atoms with Gasteiger partial charge in [0.05, 0.1) is 18.1 Å². The second-order valence-corrected chi connectivity index (χ2v) is 7.29. The van der Waals surface area contributed by atoms with Crippen LogP contribution in [0, 0.1) is 0 Å². The zero-order valence-corrected chi connectivity index (χ0v) is 10.6. The molecule has 8 heteroatoms. The number of hydrogen-bond acceptors (Lipinski definition) is 7. The van der Waals surface area contributed by atoms with Crippen molar-refractivity contribution in [3.8, 4) is 0 Å². The van der Waals surface area contributed by atoms with Crippen LogP contribution in [0.4, 0.5) is 5.13 Å². The Hall–Kier alpha value is -0.730. The summed E-state index contributed by atoms with van der Waals surface area (Å²) in [5, 5.41) is 8.96. The highest BCUT2D eigenvalue weighted by molar-refractivity contribution is 7.91. The third-order valence-corrected chi connectivity index (χ3v) is 5.16. The fourth-order valence-electron chi connectivity index (χ4n) is 1.77. The zero-order chi connectivity index (χ0) is 11.8. The lowest BCUT2D eigenvalue weighted by molar-refractivity contribution is 0.217. The average Bonchev–Trinajstić information content (AvgIpc) is 2.56. The van der Waals surface area contributed by atoms with Crippen molar-refractivity contribution in [3.05, 3.63) is 5.01 Å². The van der Waals surface area contributed by atoms with Gasteiger partial charge in [0.1, 0.15) is 5.01 Å². The molecule has 1 aromatic rings. The zero-order valence-electron chi connectivity index (χ0n) is 8.96. The number of rotatable bonds is 2. The molecule has 0 spiro atoms. The standard InChI is InChI=1S/C8H14N4O2S2/c1-6-5-16(13,14)3-2-12(6)4-7-10-11-8(9)15-7/h6H,2-5H2,1H3,(H2,9,11). The summed E-state index contributed by atoms with van der Waals surface area (Å²) in [7, 11) is -2.85. The average molecular weight is 262 g/mol. The van der Waals surface area contributed by atoms with Crippen LogP contribution in [0.15, 0.2) is 0 Å². The number of nitrogens with zero attached hydrogens (tertiary/aromatic N) is 3. The lowest BCUT2D eigenvalue weighted by Gasteiger charge is -2.32. The highest BCUT2D eigenvalue weighted by atomic mass is 32.2. The van der Waals surface area contributed by atoms with E-state index in [-0.39, 0.29) is 17.5 Å².